The number of hydrogen-bond acceptors (Lipinski definition) is 3. The molecule has 0 spiro atoms. The molecule has 0 saturated heterocycles. The number of rotatable bonds is 2. The van der Waals surface area contributed by atoms with Crippen LogP contribution in [-0.4, -0.2) is 24.7 Å². The predicted octanol–water partition coefficient (Wildman–Crippen LogP) is 0.885. The first-order valence-corrected chi connectivity index (χ1v) is 5.59. The van der Waals surface area contributed by atoms with E-state index in [4.69, 9.17) is 11.6 Å². The summed E-state index contributed by atoms with van der Waals surface area (Å²) in [5.74, 6) is 0.0354. The summed E-state index contributed by atoms with van der Waals surface area (Å²) in [6.45, 7) is 1.70. The first-order valence-electron chi connectivity index (χ1n) is 3.50. The van der Waals surface area contributed by atoms with E-state index < -0.39 is 20.3 Å². The lowest BCUT2D eigenvalue weighted by Crippen LogP contribution is -2.20. The van der Waals surface area contributed by atoms with Crippen LogP contribution in [0.3, 0.4) is 0 Å². The average molecular weight is 209 g/mol. The molecule has 1 atom stereocenters. The second-order valence-electron chi connectivity index (χ2n) is 2.83. The van der Waals surface area contributed by atoms with Crippen LogP contribution >= 0.6 is 11.6 Å². The van der Waals surface area contributed by atoms with Crippen LogP contribution in [-0.2, 0) is 14.6 Å². The molecule has 0 N–H and O–H groups in total. The number of carbonyl (C=O) groups is 1. The maximum Gasteiger partial charge on any atom is 0.223 e. The Bertz CT molecular complexity index is 329. The fourth-order valence-electron chi connectivity index (χ4n) is 1.21. The largest absolute Gasteiger partial charge is 0.281 e. The van der Waals surface area contributed by atoms with E-state index >= 15 is 0 Å². The van der Waals surface area contributed by atoms with Crippen LogP contribution in [0.15, 0.2) is 11.6 Å². The van der Waals surface area contributed by atoms with Gasteiger partial charge in [0, 0.05) is 6.42 Å². The zero-order chi connectivity index (χ0) is 9.35. The minimum Gasteiger partial charge on any atom is -0.281 e. The normalized spacial score (nSPS) is 26.8. The van der Waals surface area contributed by atoms with Gasteiger partial charge in [-0.1, -0.05) is 11.6 Å². The minimum atomic E-state index is -3.13. The number of hydrogen-bond donors (Lipinski definition) is 0. The van der Waals surface area contributed by atoms with Crippen LogP contribution in [0.2, 0.25) is 0 Å². The van der Waals surface area contributed by atoms with Crippen LogP contribution in [0.5, 0.6) is 0 Å². The van der Waals surface area contributed by atoms with Gasteiger partial charge in [-0.15, -0.1) is 0 Å². The van der Waals surface area contributed by atoms with Gasteiger partial charge in [-0.2, -0.15) is 0 Å². The molecule has 1 aliphatic rings. The summed E-state index contributed by atoms with van der Waals surface area (Å²) in [7, 11) is -3.13. The molecule has 0 bridgehead atoms. The maximum atomic E-state index is 11.2. The fraction of sp³-hybridized carbons (Fsp3) is 0.571. The highest BCUT2D eigenvalue weighted by Crippen LogP contribution is 2.24. The van der Waals surface area contributed by atoms with E-state index in [1.54, 1.807) is 13.0 Å². The summed E-state index contributed by atoms with van der Waals surface area (Å²) in [5, 5.41) is -1.28. The summed E-state index contributed by atoms with van der Waals surface area (Å²) in [6, 6.07) is 0. The number of sulfone groups is 1. The van der Waals surface area contributed by atoms with E-state index in [9.17, 15) is 13.2 Å². The third-order valence-electron chi connectivity index (χ3n) is 1.92. The van der Waals surface area contributed by atoms with Crippen molar-refractivity contribution in [1.82, 2.24) is 0 Å². The lowest BCUT2D eigenvalue weighted by atomic mass is 10.2. The molecular weight excluding hydrogens is 200 g/mol. The van der Waals surface area contributed by atoms with Crippen LogP contribution in [0, 0.1) is 0 Å². The molecule has 0 fully saturated rings. The second-order valence-corrected chi connectivity index (χ2v) is 5.48. The topological polar surface area (TPSA) is 51.2 Å². The zero-order valence-corrected chi connectivity index (χ0v) is 8.15. The van der Waals surface area contributed by atoms with Gasteiger partial charge >= 0.3 is 0 Å². The molecule has 1 unspecified atom stereocenters. The van der Waals surface area contributed by atoms with E-state index in [1.165, 1.54) is 0 Å². The van der Waals surface area contributed by atoms with Crippen LogP contribution in [0.25, 0.3) is 0 Å². The van der Waals surface area contributed by atoms with Crippen LogP contribution < -0.4 is 0 Å². The van der Waals surface area contributed by atoms with Crippen molar-refractivity contribution >= 4 is 26.7 Å². The average Bonchev–Trinajstić information content (AvgIpc) is 2.15. The Morgan fingerprint density at radius 2 is 2.33 bits per heavy atom. The highest BCUT2D eigenvalue weighted by Gasteiger charge is 2.32. The lowest BCUT2D eigenvalue weighted by molar-refractivity contribution is -0.111. The number of carbonyl (C=O) groups excluding carboxylic acids is 1. The van der Waals surface area contributed by atoms with E-state index in [-0.39, 0.29) is 12.2 Å². The van der Waals surface area contributed by atoms with E-state index in [2.05, 4.69) is 0 Å². The Kier molecular flexibility index (Phi) is 2.58. The van der Waals surface area contributed by atoms with Gasteiger partial charge in [-0.3, -0.25) is 4.79 Å². The van der Waals surface area contributed by atoms with E-state index in [0.717, 1.165) is 5.57 Å². The molecule has 0 saturated carbocycles. The summed E-state index contributed by atoms with van der Waals surface area (Å²) in [5.41, 5.74) is 0.726. The van der Waals surface area contributed by atoms with Crippen molar-refractivity contribution in [1.29, 1.82) is 0 Å². The third kappa shape index (κ3) is 1.87. The Morgan fingerprint density at radius 3 is 2.67 bits per heavy atom. The molecule has 1 rings (SSSR count). The van der Waals surface area contributed by atoms with Crippen LogP contribution in [0.1, 0.15) is 13.3 Å². The van der Waals surface area contributed by atoms with Gasteiger partial charge in [-0.25, -0.2) is 8.42 Å². The van der Waals surface area contributed by atoms with Gasteiger partial charge in [0.25, 0.3) is 0 Å². The molecule has 0 amide bonds. The second kappa shape index (κ2) is 3.18. The Balaban J connectivity index is 2.87. The monoisotopic (exact) mass is 208 g/mol. The maximum absolute atomic E-state index is 11.2. The Hall–Kier alpha value is -0.350. The number of halogens is 1. The van der Waals surface area contributed by atoms with Crippen molar-refractivity contribution in [3.63, 3.8) is 0 Å². The fourth-order valence-corrected chi connectivity index (χ4v) is 3.25. The zero-order valence-electron chi connectivity index (χ0n) is 6.58. The third-order valence-corrected chi connectivity index (χ3v) is 4.12. The van der Waals surface area contributed by atoms with Crippen LogP contribution in [0.4, 0.5) is 0 Å². The molecule has 12 heavy (non-hydrogen) atoms. The summed E-state index contributed by atoms with van der Waals surface area (Å²) < 4.78 is 22.5. The minimum absolute atomic E-state index is 0.0354. The standard InChI is InChI=1S/C7H9ClO3S/c1-5-2-3-12(10,11)6(5)4-7(8)9/h2,6H,3-4H2,1H3. The van der Waals surface area contributed by atoms with Crippen molar-refractivity contribution in [3.8, 4) is 0 Å². The first-order chi connectivity index (χ1) is 5.43. The lowest BCUT2D eigenvalue weighted by Gasteiger charge is -2.07. The smallest absolute Gasteiger partial charge is 0.223 e. The molecular formula is C7H9ClO3S. The molecule has 0 radical (unpaired) electrons. The Labute approximate surface area is 76.3 Å². The molecule has 0 aromatic rings. The molecule has 68 valence electrons. The highest BCUT2D eigenvalue weighted by molar-refractivity contribution is 7.92. The van der Waals surface area contributed by atoms with Crippen molar-refractivity contribution in [2.24, 2.45) is 0 Å². The van der Waals surface area contributed by atoms with E-state index in [1.807, 2.05) is 0 Å². The molecule has 5 heteroatoms. The molecule has 1 aliphatic heterocycles. The van der Waals surface area contributed by atoms with Gasteiger partial charge in [-0.05, 0) is 18.5 Å². The van der Waals surface area contributed by atoms with Gasteiger partial charge in [0.05, 0.1) is 11.0 Å². The Morgan fingerprint density at radius 1 is 1.75 bits per heavy atom. The van der Waals surface area contributed by atoms with Gasteiger partial charge in [0.1, 0.15) is 0 Å². The van der Waals surface area contributed by atoms with Gasteiger partial charge in [0.2, 0.25) is 5.24 Å². The van der Waals surface area contributed by atoms with Crippen molar-refractivity contribution in [3.05, 3.63) is 11.6 Å². The van der Waals surface area contributed by atoms with E-state index in [0.29, 0.717) is 0 Å². The summed E-state index contributed by atoms with van der Waals surface area (Å²) in [6.07, 6.45) is 1.52. The first kappa shape index (κ1) is 9.74. The van der Waals surface area contributed by atoms with Gasteiger partial charge in [0.15, 0.2) is 9.84 Å². The molecule has 0 aromatic heterocycles. The molecule has 0 aromatic carbocycles. The predicted molar refractivity (Wildman–Crippen MR) is 46.8 cm³/mol. The summed E-state index contributed by atoms with van der Waals surface area (Å²) in [4.78, 5) is 10.5. The quantitative estimate of drug-likeness (QED) is 0.500. The van der Waals surface area contributed by atoms with Crippen molar-refractivity contribution in [2.75, 3.05) is 5.75 Å². The molecule has 0 aliphatic carbocycles. The SMILES string of the molecule is CC1=CCS(=O)(=O)C1CC(=O)Cl. The van der Waals surface area contributed by atoms with Crippen molar-refractivity contribution < 1.29 is 13.2 Å². The molecule has 1 heterocycles. The van der Waals surface area contributed by atoms with Crippen molar-refractivity contribution in [2.45, 2.75) is 18.6 Å². The molecule has 3 nitrogen and oxygen atoms in total. The highest BCUT2D eigenvalue weighted by atomic mass is 35.5. The van der Waals surface area contributed by atoms with Gasteiger partial charge < -0.3 is 0 Å². The summed E-state index contributed by atoms with van der Waals surface area (Å²) >= 11 is 5.12.